The highest BCUT2D eigenvalue weighted by atomic mass is 16.2. The molecule has 1 unspecified atom stereocenters. The Bertz CT molecular complexity index is 798. The Kier molecular flexibility index (Phi) is 3.42. The van der Waals surface area contributed by atoms with E-state index < -0.39 is 0 Å². The Morgan fingerprint density at radius 1 is 1.17 bits per heavy atom. The van der Waals surface area contributed by atoms with E-state index in [0.29, 0.717) is 18.5 Å². The minimum atomic E-state index is -0.0253. The van der Waals surface area contributed by atoms with E-state index in [2.05, 4.69) is 20.9 Å². The first kappa shape index (κ1) is 14.6. The number of amides is 1. The van der Waals surface area contributed by atoms with Crippen molar-refractivity contribution in [3.05, 3.63) is 48.4 Å². The number of hydrogen-bond donors (Lipinski definition) is 0. The van der Waals surface area contributed by atoms with E-state index in [-0.39, 0.29) is 11.3 Å². The Morgan fingerprint density at radius 3 is 2.71 bits per heavy atom. The number of benzene rings is 1. The number of hydrogen-bond acceptors (Lipinski definition) is 5. The first-order chi connectivity index (χ1) is 11.7. The second-order valence-electron chi connectivity index (χ2n) is 6.55. The monoisotopic (exact) mass is 319 g/mol. The van der Waals surface area contributed by atoms with Gasteiger partial charge in [0.15, 0.2) is 0 Å². The molecule has 6 nitrogen and oxygen atoms in total. The molecule has 0 radical (unpaired) electrons. The van der Waals surface area contributed by atoms with Crippen molar-refractivity contribution < 1.29 is 4.79 Å². The molecule has 120 valence electrons. The molecule has 0 saturated carbocycles. The normalized spacial score (nSPS) is 23.0. The smallest absolute Gasteiger partial charge is 0.227 e. The fraction of sp³-hybridized carbons (Fsp3) is 0.333. The molecule has 2 aliphatic heterocycles. The van der Waals surface area contributed by atoms with Crippen LogP contribution in [0.25, 0.3) is 0 Å². The van der Waals surface area contributed by atoms with Crippen LogP contribution in [0.5, 0.6) is 0 Å². The van der Waals surface area contributed by atoms with E-state index in [4.69, 9.17) is 5.26 Å². The van der Waals surface area contributed by atoms with E-state index in [1.54, 1.807) is 30.7 Å². The number of aromatic nitrogens is 2. The fourth-order valence-corrected chi connectivity index (χ4v) is 3.71. The molecule has 1 atom stereocenters. The van der Waals surface area contributed by atoms with Gasteiger partial charge in [-0.05, 0) is 30.7 Å². The van der Waals surface area contributed by atoms with Gasteiger partial charge in [0.1, 0.15) is 5.82 Å². The van der Waals surface area contributed by atoms with E-state index in [0.717, 1.165) is 31.0 Å². The van der Waals surface area contributed by atoms with Crippen LogP contribution in [0.15, 0.2) is 42.9 Å². The number of rotatable bonds is 2. The molecule has 0 bridgehead atoms. The Morgan fingerprint density at radius 2 is 2.00 bits per heavy atom. The highest BCUT2D eigenvalue weighted by Crippen LogP contribution is 2.42. The zero-order chi connectivity index (χ0) is 16.6. The third kappa shape index (κ3) is 2.48. The van der Waals surface area contributed by atoms with Crippen molar-refractivity contribution in [1.29, 1.82) is 5.26 Å². The van der Waals surface area contributed by atoms with Gasteiger partial charge in [-0.2, -0.15) is 5.26 Å². The lowest BCUT2D eigenvalue weighted by Gasteiger charge is -2.24. The summed E-state index contributed by atoms with van der Waals surface area (Å²) in [4.78, 5) is 25.1. The van der Waals surface area contributed by atoms with Crippen LogP contribution in [0.4, 0.5) is 11.5 Å². The minimum Gasteiger partial charge on any atom is -0.355 e. The van der Waals surface area contributed by atoms with E-state index in [1.165, 1.54) is 0 Å². The predicted molar refractivity (Wildman–Crippen MR) is 89.4 cm³/mol. The molecule has 2 aliphatic rings. The van der Waals surface area contributed by atoms with Gasteiger partial charge in [0.25, 0.3) is 0 Å². The number of carbonyl (C=O) groups is 1. The van der Waals surface area contributed by atoms with Gasteiger partial charge in [0, 0.05) is 49.6 Å². The average Bonchev–Trinajstić information content (AvgIpc) is 3.19. The third-order valence-electron chi connectivity index (χ3n) is 4.94. The molecule has 2 fully saturated rings. The molecule has 2 aromatic rings. The van der Waals surface area contributed by atoms with Crippen molar-refractivity contribution in [3.8, 4) is 6.07 Å². The number of nitrogens with zero attached hydrogens (tertiary/aromatic N) is 5. The van der Waals surface area contributed by atoms with Crippen LogP contribution in [0.3, 0.4) is 0 Å². The lowest BCUT2D eigenvalue weighted by atomic mass is 9.86. The average molecular weight is 319 g/mol. The summed E-state index contributed by atoms with van der Waals surface area (Å²) < 4.78 is 0. The molecule has 4 rings (SSSR count). The summed E-state index contributed by atoms with van der Waals surface area (Å²) in [5.41, 5.74) is 1.45. The van der Waals surface area contributed by atoms with Crippen LogP contribution in [0, 0.1) is 16.7 Å². The van der Waals surface area contributed by atoms with Crippen molar-refractivity contribution in [2.75, 3.05) is 29.4 Å². The first-order valence-electron chi connectivity index (χ1n) is 8.01. The molecule has 0 N–H and O–H groups in total. The Balaban J connectivity index is 1.52. The number of anilines is 2. The summed E-state index contributed by atoms with van der Waals surface area (Å²) in [6, 6.07) is 9.33. The van der Waals surface area contributed by atoms with Crippen molar-refractivity contribution in [2.45, 2.75) is 12.8 Å². The molecule has 3 heterocycles. The second kappa shape index (κ2) is 5.60. The summed E-state index contributed by atoms with van der Waals surface area (Å²) in [5.74, 6) is 1.03. The molecule has 0 aliphatic carbocycles. The van der Waals surface area contributed by atoms with Gasteiger partial charge in [-0.25, -0.2) is 4.98 Å². The Hall–Kier alpha value is -2.94. The van der Waals surface area contributed by atoms with Crippen LogP contribution in [-0.4, -0.2) is 35.5 Å². The maximum atomic E-state index is 12.5. The summed E-state index contributed by atoms with van der Waals surface area (Å²) in [6.07, 6.45) is 6.67. The SMILES string of the molecule is N#Cc1ccc(N2CC3(CCN(c4cnccn4)C3)CC2=O)cc1. The minimum absolute atomic E-state index is 0.0253. The zero-order valence-corrected chi connectivity index (χ0v) is 13.2. The lowest BCUT2D eigenvalue weighted by molar-refractivity contribution is -0.117. The van der Waals surface area contributed by atoms with Crippen LogP contribution in [0.2, 0.25) is 0 Å². The van der Waals surface area contributed by atoms with Crippen molar-refractivity contribution in [1.82, 2.24) is 9.97 Å². The largest absolute Gasteiger partial charge is 0.355 e. The third-order valence-corrected chi connectivity index (χ3v) is 4.94. The molecular formula is C18H17N5O. The van der Waals surface area contributed by atoms with Crippen LogP contribution >= 0.6 is 0 Å². The second-order valence-corrected chi connectivity index (χ2v) is 6.55. The molecular weight excluding hydrogens is 302 g/mol. The van der Waals surface area contributed by atoms with Crippen molar-refractivity contribution >= 4 is 17.4 Å². The van der Waals surface area contributed by atoms with Gasteiger partial charge in [0.2, 0.25) is 5.91 Å². The molecule has 1 amide bonds. The quantitative estimate of drug-likeness (QED) is 0.846. The molecule has 1 aromatic carbocycles. The molecule has 6 heteroatoms. The first-order valence-corrected chi connectivity index (χ1v) is 8.01. The van der Waals surface area contributed by atoms with E-state index in [9.17, 15) is 4.79 Å². The fourth-order valence-electron chi connectivity index (χ4n) is 3.71. The molecule has 1 aromatic heterocycles. The van der Waals surface area contributed by atoms with E-state index >= 15 is 0 Å². The van der Waals surface area contributed by atoms with Crippen LogP contribution in [-0.2, 0) is 4.79 Å². The molecule has 1 spiro atoms. The summed E-state index contributed by atoms with van der Waals surface area (Å²) in [6.45, 7) is 2.44. The van der Waals surface area contributed by atoms with Gasteiger partial charge >= 0.3 is 0 Å². The van der Waals surface area contributed by atoms with Gasteiger partial charge in [-0.1, -0.05) is 0 Å². The predicted octanol–water partition coefficient (Wildman–Crippen LogP) is 1.98. The van der Waals surface area contributed by atoms with Crippen LogP contribution in [0.1, 0.15) is 18.4 Å². The summed E-state index contributed by atoms with van der Waals surface area (Å²) in [7, 11) is 0. The molecule has 24 heavy (non-hydrogen) atoms. The van der Waals surface area contributed by atoms with Gasteiger partial charge in [0.05, 0.1) is 17.8 Å². The summed E-state index contributed by atoms with van der Waals surface area (Å²) in [5, 5.41) is 8.90. The van der Waals surface area contributed by atoms with Crippen molar-refractivity contribution in [2.24, 2.45) is 5.41 Å². The van der Waals surface area contributed by atoms with Gasteiger partial charge < -0.3 is 9.80 Å². The van der Waals surface area contributed by atoms with Crippen LogP contribution < -0.4 is 9.80 Å². The van der Waals surface area contributed by atoms with E-state index in [1.807, 2.05) is 17.0 Å². The number of carbonyl (C=O) groups excluding carboxylic acids is 1. The topological polar surface area (TPSA) is 73.1 Å². The maximum Gasteiger partial charge on any atom is 0.227 e. The molecule has 2 saturated heterocycles. The van der Waals surface area contributed by atoms with Crippen molar-refractivity contribution in [3.63, 3.8) is 0 Å². The van der Waals surface area contributed by atoms with Gasteiger partial charge in [-0.3, -0.25) is 9.78 Å². The van der Waals surface area contributed by atoms with Gasteiger partial charge in [-0.15, -0.1) is 0 Å². The summed E-state index contributed by atoms with van der Waals surface area (Å²) >= 11 is 0. The maximum absolute atomic E-state index is 12.5. The Labute approximate surface area is 140 Å². The lowest BCUT2D eigenvalue weighted by Crippen LogP contribution is -2.31. The number of nitriles is 1. The standard InChI is InChI=1S/C18H17N5O/c19-10-14-1-3-15(4-2-14)23-13-18(9-17(23)24)5-8-22(12-18)16-11-20-6-7-21-16/h1-4,6-7,11H,5,8-9,12-13H2. The highest BCUT2D eigenvalue weighted by Gasteiger charge is 2.48. The zero-order valence-electron chi connectivity index (χ0n) is 13.2. The highest BCUT2D eigenvalue weighted by molar-refractivity contribution is 5.96.